The SMILES string of the molecule is C[C@H](c1nc2ccccc2s1)N(C)Cc1cc(-c2ccco2)on1. The van der Waals surface area contributed by atoms with E-state index in [1.54, 1.807) is 17.6 Å². The van der Waals surface area contributed by atoms with E-state index < -0.39 is 0 Å². The summed E-state index contributed by atoms with van der Waals surface area (Å²) in [5.74, 6) is 1.34. The Morgan fingerprint density at radius 1 is 1.17 bits per heavy atom. The third-order valence-corrected chi connectivity index (χ3v) is 5.27. The molecule has 0 fully saturated rings. The zero-order valence-corrected chi connectivity index (χ0v) is 14.3. The van der Waals surface area contributed by atoms with Gasteiger partial charge < -0.3 is 8.94 Å². The van der Waals surface area contributed by atoms with Crippen LogP contribution in [0.25, 0.3) is 21.7 Å². The predicted octanol–water partition coefficient (Wildman–Crippen LogP) is 4.74. The number of benzene rings is 1. The highest BCUT2D eigenvalue weighted by Crippen LogP contribution is 2.30. The highest BCUT2D eigenvalue weighted by atomic mass is 32.1. The molecule has 24 heavy (non-hydrogen) atoms. The van der Waals surface area contributed by atoms with Gasteiger partial charge in [-0.15, -0.1) is 11.3 Å². The quantitative estimate of drug-likeness (QED) is 0.526. The van der Waals surface area contributed by atoms with Gasteiger partial charge in [-0.2, -0.15) is 0 Å². The van der Waals surface area contributed by atoms with Crippen LogP contribution in [0.2, 0.25) is 0 Å². The van der Waals surface area contributed by atoms with E-state index in [9.17, 15) is 0 Å². The highest BCUT2D eigenvalue weighted by molar-refractivity contribution is 7.18. The van der Waals surface area contributed by atoms with Crippen LogP contribution in [0.5, 0.6) is 0 Å². The summed E-state index contributed by atoms with van der Waals surface area (Å²) < 4.78 is 11.9. The van der Waals surface area contributed by atoms with E-state index in [1.165, 1.54) is 4.70 Å². The largest absolute Gasteiger partial charge is 0.461 e. The highest BCUT2D eigenvalue weighted by Gasteiger charge is 2.18. The summed E-state index contributed by atoms with van der Waals surface area (Å²) in [4.78, 5) is 6.95. The van der Waals surface area contributed by atoms with Crippen molar-refractivity contribution in [2.75, 3.05) is 7.05 Å². The number of furan rings is 1. The number of rotatable bonds is 5. The van der Waals surface area contributed by atoms with Crippen molar-refractivity contribution in [1.29, 1.82) is 0 Å². The summed E-state index contributed by atoms with van der Waals surface area (Å²) in [6, 6.07) is 14.0. The first-order valence-corrected chi connectivity index (χ1v) is 8.57. The zero-order chi connectivity index (χ0) is 16.5. The maximum atomic E-state index is 5.36. The van der Waals surface area contributed by atoms with E-state index in [0.717, 1.165) is 16.2 Å². The van der Waals surface area contributed by atoms with Crippen LogP contribution >= 0.6 is 11.3 Å². The first-order chi connectivity index (χ1) is 11.7. The first kappa shape index (κ1) is 15.1. The Hall–Kier alpha value is -2.44. The fourth-order valence-corrected chi connectivity index (χ4v) is 3.66. The molecule has 3 aromatic heterocycles. The summed E-state index contributed by atoms with van der Waals surface area (Å²) in [6.07, 6.45) is 1.62. The van der Waals surface area contributed by atoms with Crippen LogP contribution < -0.4 is 0 Å². The van der Waals surface area contributed by atoms with Crippen molar-refractivity contribution >= 4 is 21.6 Å². The molecule has 0 unspecified atom stereocenters. The van der Waals surface area contributed by atoms with E-state index in [0.29, 0.717) is 18.1 Å². The number of aromatic nitrogens is 2. The summed E-state index contributed by atoms with van der Waals surface area (Å²) in [7, 11) is 2.07. The molecule has 1 aromatic carbocycles. The number of thiazole rings is 1. The van der Waals surface area contributed by atoms with Crippen LogP contribution in [0.1, 0.15) is 23.7 Å². The van der Waals surface area contributed by atoms with Crippen LogP contribution in [0.3, 0.4) is 0 Å². The number of nitrogens with zero attached hydrogens (tertiary/aromatic N) is 3. The Balaban J connectivity index is 1.50. The molecule has 0 aliphatic heterocycles. The minimum absolute atomic E-state index is 0.200. The lowest BCUT2D eigenvalue weighted by Gasteiger charge is -2.21. The Labute approximate surface area is 143 Å². The molecule has 0 saturated carbocycles. The van der Waals surface area contributed by atoms with Crippen molar-refractivity contribution in [3.8, 4) is 11.5 Å². The Morgan fingerprint density at radius 2 is 2.04 bits per heavy atom. The maximum absolute atomic E-state index is 5.36. The molecule has 0 aliphatic rings. The fourth-order valence-electron chi connectivity index (χ4n) is 2.57. The second kappa shape index (κ2) is 6.22. The lowest BCUT2D eigenvalue weighted by atomic mass is 10.2. The molecule has 0 N–H and O–H groups in total. The van der Waals surface area contributed by atoms with E-state index in [1.807, 2.05) is 30.3 Å². The predicted molar refractivity (Wildman–Crippen MR) is 93.7 cm³/mol. The van der Waals surface area contributed by atoms with E-state index >= 15 is 0 Å². The minimum Gasteiger partial charge on any atom is -0.461 e. The average molecular weight is 339 g/mol. The van der Waals surface area contributed by atoms with Crippen LogP contribution in [-0.4, -0.2) is 22.1 Å². The van der Waals surface area contributed by atoms with Crippen molar-refractivity contribution in [2.45, 2.75) is 19.5 Å². The van der Waals surface area contributed by atoms with Gasteiger partial charge in [0.2, 0.25) is 5.76 Å². The van der Waals surface area contributed by atoms with Gasteiger partial charge in [0.1, 0.15) is 5.01 Å². The fraction of sp³-hybridized carbons (Fsp3) is 0.222. The summed E-state index contributed by atoms with van der Waals surface area (Å²) in [5.41, 5.74) is 1.93. The third-order valence-electron chi connectivity index (χ3n) is 4.06. The second-order valence-electron chi connectivity index (χ2n) is 5.77. The molecule has 4 rings (SSSR count). The molecule has 0 saturated heterocycles. The standard InChI is InChI=1S/C18H17N3O2S/c1-12(18-19-14-6-3-4-8-17(14)24-18)21(2)11-13-10-16(23-20-13)15-7-5-9-22-15/h3-10,12H,11H2,1-2H3/t12-/m1/s1. The summed E-state index contributed by atoms with van der Waals surface area (Å²) in [6.45, 7) is 2.84. The average Bonchev–Trinajstić information content (AvgIpc) is 3.32. The normalized spacial score (nSPS) is 13.0. The van der Waals surface area contributed by atoms with E-state index in [-0.39, 0.29) is 6.04 Å². The smallest absolute Gasteiger partial charge is 0.202 e. The number of para-hydroxylation sites is 1. The van der Waals surface area contributed by atoms with Crippen molar-refractivity contribution in [2.24, 2.45) is 0 Å². The molecule has 3 heterocycles. The van der Waals surface area contributed by atoms with Crippen LogP contribution in [0, 0.1) is 0 Å². The van der Waals surface area contributed by atoms with Crippen molar-refractivity contribution in [3.63, 3.8) is 0 Å². The summed E-state index contributed by atoms with van der Waals surface area (Å²) >= 11 is 1.74. The van der Waals surface area contributed by atoms with Gasteiger partial charge in [0.15, 0.2) is 5.76 Å². The van der Waals surface area contributed by atoms with E-state index in [4.69, 9.17) is 13.9 Å². The molecular weight excluding hydrogens is 322 g/mol. The minimum atomic E-state index is 0.200. The Morgan fingerprint density at radius 3 is 2.83 bits per heavy atom. The van der Waals surface area contributed by atoms with Gasteiger partial charge in [-0.25, -0.2) is 4.98 Å². The van der Waals surface area contributed by atoms with Crippen LogP contribution in [-0.2, 0) is 6.54 Å². The molecule has 0 radical (unpaired) electrons. The maximum Gasteiger partial charge on any atom is 0.202 e. The van der Waals surface area contributed by atoms with Gasteiger partial charge >= 0.3 is 0 Å². The molecule has 122 valence electrons. The van der Waals surface area contributed by atoms with Gasteiger partial charge in [-0.05, 0) is 38.2 Å². The zero-order valence-electron chi connectivity index (χ0n) is 13.5. The molecule has 4 aromatic rings. The third kappa shape index (κ3) is 2.86. The van der Waals surface area contributed by atoms with Gasteiger partial charge in [0, 0.05) is 12.6 Å². The molecule has 0 spiro atoms. The monoisotopic (exact) mass is 339 g/mol. The van der Waals surface area contributed by atoms with Crippen LogP contribution in [0.4, 0.5) is 0 Å². The van der Waals surface area contributed by atoms with Gasteiger partial charge in [0.25, 0.3) is 0 Å². The molecule has 0 bridgehead atoms. The molecule has 0 amide bonds. The van der Waals surface area contributed by atoms with Crippen LogP contribution in [0.15, 0.2) is 57.7 Å². The summed E-state index contributed by atoms with van der Waals surface area (Å²) in [5, 5.41) is 5.24. The van der Waals surface area contributed by atoms with Crippen molar-refractivity contribution in [1.82, 2.24) is 15.0 Å². The first-order valence-electron chi connectivity index (χ1n) is 7.76. The van der Waals surface area contributed by atoms with Gasteiger partial charge in [-0.1, -0.05) is 17.3 Å². The second-order valence-corrected chi connectivity index (χ2v) is 6.83. The van der Waals surface area contributed by atoms with Crippen molar-refractivity contribution in [3.05, 3.63) is 59.4 Å². The molecule has 5 nitrogen and oxygen atoms in total. The van der Waals surface area contributed by atoms with Gasteiger partial charge in [0.05, 0.1) is 28.2 Å². The Bertz CT molecular complexity index is 909. The molecule has 1 atom stereocenters. The number of hydrogen-bond donors (Lipinski definition) is 0. The number of fused-ring (bicyclic) bond motifs is 1. The van der Waals surface area contributed by atoms with Crippen molar-refractivity contribution < 1.29 is 8.94 Å². The molecule has 0 aliphatic carbocycles. The molecular formula is C18H17N3O2S. The van der Waals surface area contributed by atoms with Gasteiger partial charge in [-0.3, -0.25) is 4.90 Å². The number of hydrogen-bond acceptors (Lipinski definition) is 6. The Kier molecular flexibility index (Phi) is 3.92. The molecule has 6 heteroatoms. The topological polar surface area (TPSA) is 55.3 Å². The van der Waals surface area contributed by atoms with E-state index in [2.05, 4.69) is 36.2 Å². The lowest BCUT2D eigenvalue weighted by Crippen LogP contribution is -2.21. The lowest BCUT2D eigenvalue weighted by molar-refractivity contribution is 0.244.